The average Bonchev–Trinajstić information content (AvgIpc) is 3.25. The highest BCUT2D eigenvalue weighted by Crippen LogP contribution is 2.47. The van der Waals surface area contributed by atoms with Gasteiger partial charge in [0.25, 0.3) is 0 Å². The SMILES string of the molecule is O=C(C[C@H]1C[C@H]2c3cc(NC(=O)Nc4ccccc4)ccc3O[C@H]2[C@H](CO)O1)NCc1cccc(F)c1. The van der Waals surface area contributed by atoms with E-state index in [1.165, 1.54) is 12.1 Å². The third-order valence-electron chi connectivity index (χ3n) is 6.58. The fourth-order valence-corrected chi connectivity index (χ4v) is 4.91. The number of nitrogens with one attached hydrogen (secondary N) is 3. The number of hydrogen-bond donors (Lipinski definition) is 4. The first-order valence-electron chi connectivity index (χ1n) is 12.2. The largest absolute Gasteiger partial charge is 0.487 e. The minimum absolute atomic E-state index is 0.0990. The zero-order valence-corrected chi connectivity index (χ0v) is 20.0. The fraction of sp³-hybridized carbons (Fsp3) is 0.286. The number of anilines is 2. The predicted molar refractivity (Wildman–Crippen MR) is 136 cm³/mol. The van der Waals surface area contributed by atoms with Gasteiger partial charge in [0.05, 0.1) is 19.1 Å². The minimum Gasteiger partial charge on any atom is -0.487 e. The van der Waals surface area contributed by atoms with Crippen molar-refractivity contribution in [3.8, 4) is 5.75 Å². The first-order valence-corrected chi connectivity index (χ1v) is 12.2. The van der Waals surface area contributed by atoms with Crippen molar-refractivity contribution in [3.05, 3.63) is 89.7 Å². The first kappa shape index (κ1) is 24.7. The highest BCUT2D eigenvalue weighted by molar-refractivity contribution is 5.99. The van der Waals surface area contributed by atoms with Gasteiger partial charge in [-0.2, -0.15) is 0 Å². The van der Waals surface area contributed by atoms with Gasteiger partial charge in [0.2, 0.25) is 5.91 Å². The van der Waals surface area contributed by atoms with Crippen LogP contribution in [0.1, 0.15) is 29.9 Å². The number of rotatable bonds is 7. The van der Waals surface area contributed by atoms with Crippen molar-refractivity contribution >= 4 is 23.3 Å². The van der Waals surface area contributed by atoms with E-state index in [-0.39, 0.29) is 49.3 Å². The van der Waals surface area contributed by atoms with Gasteiger partial charge >= 0.3 is 6.03 Å². The maximum Gasteiger partial charge on any atom is 0.323 e. The summed E-state index contributed by atoms with van der Waals surface area (Å²) in [6.07, 6.45) is -0.799. The van der Waals surface area contributed by atoms with Crippen LogP contribution in [0.25, 0.3) is 0 Å². The summed E-state index contributed by atoms with van der Waals surface area (Å²) >= 11 is 0. The number of carbonyl (C=O) groups is 2. The number of urea groups is 1. The molecule has 4 N–H and O–H groups in total. The van der Waals surface area contributed by atoms with E-state index < -0.39 is 12.2 Å². The lowest BCUT2D eigenvalue weighted by Crippen LogP contribution is -2.47. The minimum atomic E-state index is -0.593. The molecule has 1 fully saturated rings. The van der Waals surface area contributed by atoms with Gasteiger partial charge in [0, 0.05) is 29.4 Å². The quantitative estimate of drug-likeness (QED) is 0.386. The summed E-state index contributed by atoms with van der Waals surface area (Å²) in [4.78, 5) is 25.0. The molecule has 2 heterocycles. The number of halogens is 1. The second kappa shape index (κ2) is 11.0. The monoisotopic (exact) mass is 505 g/mol. The van der Waals surface area contributed by atoms with Crippen molar-refractivity contribution in [1.29, 1.82) is 0 Å². The van der Waals surface area contributed by atoms with E-state index in [0.717, 1.165) is 5.56 Å². The third-order valence-corrected chi connectivity index (χ3v) is 6.58. The zero-order valence-electron chi connectivity index (χ0n) is 20.0. The topological polar surface area (TPSA) is 109 Å². The Kier molecular flexibility index (Phi) is 7.34. The van der Waals surface area contributed by atoms with Gasteiger partial charge in [-0.3, -0.25) is 4.79 Å². The molecule has 0 unspecified atom stereocenters. The van der Waals surface area contributed by atoms with Crippen molar-refractivity contribution in [2.24, 2.45) is 0 Å². The lowest BCUT2D eigenvalue weighted by atomic mass is 9.84. The van der Waals surface area contributed by atoms with Crippen LogP contribution in [0, 0.1) is 5.82 Å². The summed E-state index contributed by atoms with van der Waals surface area (Å²) in [5, 5.41) is 18.4. The van der Waals surface area contributed by atoms with Gasteiger partial charge in [-0.05, 0) is 54.4 Å². The molecule has 0 aromatic heterocycles. The molecule has 0 saturated carbocycles. The first-order chi connectivity index (χ1) is 18.0. The number of carbonyl (C=O) groups excluding carboxylic acids is 2. The standard InChI is InChI=1S/C28H28FN3O5/c29-18-6-4-5-17(11-18)15-30-26(34)14-21-13-23-22-12-20(32-28(35)31-19-7-2-1-3-8-19)9-10-24(22)37-27(23)25(16-33)36-21/h1-12,21,23,25,27,33H,13-16H2,(H,30,34)(H2,31,32,35)/t21-,23+,25+,27-/m1/s1. The zero-order chi connectivity index (χ0) is 25.8. The van der Waals surface area contributed by atoms with Gasteiger partial charge in [-0.25, -0.2) is 9.18 Å². The Morgan fingerprint density at radius 2 is 1.78 bits per heavy atom. The summed E-state index contributed by atoms with van der Waals surface area (Å²) in [7, 11) is 0. The summed E-state index contributed by atoms with van der Waals surface area (Å²) < 4.78 is 25.5. The Balaban J connectivity index is 1.23. The summed E-state index contributed by atoms with van der Waals surface area (Å²) in [5.74, 6) is -0.0230. The second-order valence-electron chi connectivity index (χ2n) is 9.21. The molecule has 4 atom stereocenters. The molecule has 5 rings (SSSR count). The normalized spacial score (nSPS) is 21.8. The van der Waals surface area contributed by atoms with Crippen molar-refractivity contribution in [1.82, 2.24) is 5.32 Å². The Morgan fingerprint density at radius 3 is 2.57 bits per heavy atom. The Bertz CT molecular complexity index is 1270. The van der Waals surface area contributed by atoms with Crippen LogP contribution in [0.15, 0.2) is 72.8 Å². The maximum atomic E-state index is 13.4. The van der Waals surface area contributed by atoms with Crippen LogP contribution >= 0.6 is 0 Å². The van der Waals surface area contributed by atoms with E-state index in [1.807, 2.05) is 24.3 Å². The highest BCUT2D eigenvalue weighted by atomic mass is 19.1. The van der Waals surface area contributed by atoms with Crippen molar-refractivity contribution < 1.29 is 28.6 Å². The molecule has 2 aliphatic heterocycles. The molecule has 192 valence electrons. The molecule has 3 amide bonds. The maximum absolute atomic E-state index is 13.4. The van der Waals surface area contributed by atoms with Crippen molar-refractivity contribution in [2.45, 2.75) is 43.6 Å². The molecule has 8 nitrogen and oxygen atoms in total. The van der Waals surface area contributed by atoms with Crippen LogP contribution in [-0.2, 0) is 16.1 Å². The molecule has 37 heavy (non-hydrogen) atoms. The number of ether oxygens (including phenoxy) is 2. The Hall–Kier alpha value is -3.95. The number of aliphatic hydroxyl groups is 1. The molecule has 3 aromatic carbocycles. The summed E-state index contributed by atoms with van der Waals surface area (Å²) in [6.45, 7) is -0.0357. The Morgan fingerprint density at radius 1 is 0.973 bits per heavy atom. The molecule has 1 saturated heterocycles. The van der Waals surface area contributed by atoms with Crippen LogP contribution < -0.4 is 20.7 Å². The molecule has 0 radical (unpaired) electrons. The van der Waals surface area contributed by atoms with Crippen LogP contribution in [0.5, 0.6) is 5.75 Å². The molecule has 0 spiro atoms. The molecule has 0 bridgehead atoms. The van der Waals surface area contributed by atoms with Crippen LogP contribution in [0.2, 0.25) is 0 Å². The molecule has 0 aliphatic carbocycles. The molecular weight excluding hydrogens is 477 g/mol. The third kappa shape index (κ3) is 5.90. The van der Waals surface area contributed by atoms with Crippen LogP contribution in [0.3, 0.4) is 0 Å². The number of para-hydroxylation sites is 1. The molecular formula is C28H28FN3O5. The molecule has 9 heteroatoms. The summed E-state index contributed by atoms with van der Waals surface area (Å²) in [5.41, 5.74) is 2.85. The van der Waals surface area contributed by atoms with E-state index >= 15 is 0 Å². The molecule has 2 aliphatic rings. The van der Waals surface area contributed by atoms with Gasteiger partial charge < -0.3 is 30.5 Å². The number of benzene rings is 3. The van der Waals surface area contributed by atoms with E-state index in [1.54, 1.807) is 36.4 Å². The van der Waals surface area contributed by atoms with Gasteiger partial charge in [0.15, 0.2) is 0 Å². The van der Waals surface area contributed by atoms with Crippen molar-refractivity contribution in [2.75, 3.05) is 17.2 Å². The highest BCUT2D eigenvalue weighted by Gasteiger charge is 2.46. The van der Waals surface area contributed by atoms with E-state index in [9.17, 15) is 19.1 Å². The van der Waals surface area contributed by atoms with Gasteiger partial charge in [0.1, 0.15) is 23.8 Å². The average molecular weight is 506 g/mol. The molecule has 3 aromatic rings. The summed E-state index contributed by atoms with van der Waals surface area (Å²) in [6, 6.07) is 20.3. The second-order valence-corrected chi connectivity index (χ2v) is 9.21. The number of aliphatic hydroxyl groups excluding tert-OH is 1. The van der Waals surface area contributed by atoms with Crippen LogP contribution in [0.4, 0.5) is 20.6 Å². The lowest BCUT2D eigenvalue weighted by molar-refractivity contribution is -0.142. The number of amides is 3. The Labute approximate surface area is 213 Å². The fourth-order valence-electron chi connectivity index (χ4n) is 4.91. The number of hydrogen-bond acceptors (Lipinski definition) is 5. The van der Waals surface area contributed by atoms with Gasteiger partial charge in [-0.15, -0.1) is 0 Å². The van der Waals surface area contributed by atoms with Gasteiger partial charge in [-0.1, -0.05) is 30.3 Å². The van der Waals surface area contributed by atoms with Crippen molar-refractivity contribution in [3.63, 3.8) is 0 Å². The van der Waals surface area contributed by atoms with E-state index in [0.29, 0.717) is 29.1 Å². The smallest absolute Gasteiger partial charge is 0.323 e. The van der Waals surface area contributed by atoms with E-state index in [2.05, 4.69) is 16.0 Å². The van der Waals surface area contributed by atoms with E-state index in [4.69, 9.17) is 9.47 Å². The van der Waals surface area contributed by atoms with Crippen LogP contribution in [-0.4, -0.2) is 42.0 Å². The number of fused-ring (bicyclic) bond motifs is 3. The predicted octanol–water partition coefficient (Wildman–Crippen LogP) is 4.17. The lowest BCUT2D eigenvalue weighted by Gasteiger charge is -2.37.